The van der Waals surface area contributed by atoms with Gasteiger partial charge >= 0.3 is 18.1 Å². The van der Waals surface area contributed by atoms with Crippen LogP contribution in [0.1, 0.15) is 19.8 Å². The van der Waals surface area contributed by atoms with E-state index in [0.717, 1.165) is 4.31 Å². The first-order valence-electron chi connectivity index (χ1n) is 7.73. The highest BCUT2D eigenvalue weighted by Gasteiger charge is 2.56. The van der Waals surface area contributed by atoms with Crippen LogP contribution in [0.5, 0.6) is 0 Å². The summed E-state index contributed by atoms with van der Waals surface area (Å²) in [6.45, 7) is -0.193. The molecule has 2 saturated heterocycles. The van der Waals surface area contributed by atoms with Gasteiger partial charge in [-0.3, -0.25) is 9.59 Å². The fourth-order valence-corrected chi connectivity index (χ4v) is 5.04. The molecule has 0 bridgehead atoms. The van der Waals surface area contributed by atoms with Crippen LogP contribution in [-0.2, 0) is 24.5 Å². The van der Waals surface area contributed by atoms with E-state index in [1.54, 1.807) is 6.92 Å². The van der Waals surface area contributed by atoms with Crippen molar-refractivity contribution < 1.29 is 41.0 Å². The average Bonchev–Trinajstić information content (AvgIpc) is 3.14. The van der Waals surface area contributed by atoms with Gasteiger partial charge in [-0.25, -0.2) is 0 Å². The molecule has 12 heteroatoms. The van der Waals surface area contributed by atoms with Crippen LogP contribution in [0, 0.1) is 11.8 Å². The van der Waals surface area contributed by atoms with Crippen molar-refractivity contribution in [3.8, 4) is 0 Å². The third-order valence-electron chi connectivity index (χ3n) is 4.41. The van der Waals surface area contributed by atoms with Crippen molar-refractivity contribution in [1.82, 2.24) is 8.61 Å². The number of carbonyl (C=O) groups excluding carboxylic acids is 1. The number of halogens is 3. The fourth-order valence-electron chi connectivity index (χ4n) is 3.18. The monoisotopic (exact) mass is 388 g/mol. The number of hydrogen-bond donors (Lipinski definition) is 1. The Hall–Kier alpha value is -1.40. The molecule has 0 aliphatic carbocycles. The highest BCUT2D eigenvalue weighted by Crippen LogP contribution is 2.39. The first-order valence-corrected chi connectivity index (χ1v) is 9.13. The zero-order valence-electron chi connectivity index (χ0n) is 13.4. The Balaban J connectivity index is 2.25. The van der Waals surface area contributed by atoms with Gasteiger partial charge < -0.3 is 9.84 Å². The number of aliphatic carboxylic acids is 1. The zero-order valence-corrected chi connectivity index (χ0v) is 14.2. The van der Waals surface area contributed by atoms with Crippen LogP contribution in [-0.4, -0.2) is 72.5 Å². The predicted octanol–water partition coefficient (Wildman–Crippen LogP) is 0.454. The number of ether oxygens (including phenoxy) is 1. The molecule has 2 heterocycles. The summed E-state index contributed by atoms with van der Waals surface area (Å²) in [6.07, 6.45) is -4.27. The van der Waals surface area contributed by atoms with Gasteiger partial charge in [-0.1, -0.05) is 0 Å². The van der Waals surface area contributed by atoms with Gasteiger partial charge in [-0.2, -0.15) is 30.2 Å². The second kappa shape index (κ2) is 7.08. The van der Waals surface area contributed by atoms with Crippen molar-refractivity contribution >= 4 is 22.1 Å². The molecule has 0 aromatic rings. The normalized spacial score (nSPS) is 29.0. The summed E-state index contributed by atoms with van der Waals surface area (Å²) in [5.74, 6) is -6.63. The van der Waals surface area contributed by atoms with E-state index in [1.807, 2.05) is 0 Å². The Kier molecular flexibility index (Phi) is 5.64. The second-order valence-corrected chi connectivity index (χ2v) is 7.82. The summed E-state index contributed by atoms with van der Waals surface area (Å²) in [4.78, 5) is 23.0. The van der Waals surface area contributed by atoms with Crippen LogP contribution in [0.25, 0.3) is 0 Å². The van der Waals surface area contributed by atoms with E-state index in [-0.39, 0.29) is 19.6 Å². The van der Waals surface area contributed by atoms with Gasteiger partial charge in [0.1, 0.15) is 6.04 Å². The van der Waals surface area contributed by atoms with Crippen molar-refractivity contribution in [3.63, 3.8) is 0 Å². The molecule has 25 heavy (non-hydrogen) atoms. The van der Waals surface area contributed by atoms with E-state index in [2.05, 4.69) is 0 Å². The number of esters is 1. The van der Waals surface area contributed by atoms with Crippen molar-refractivity contribution in [3.05, 3.63) is 0 Å². The van der Waals surface area contributed by atoms with Crippen molar-refractivity contribution in [1.29, 1.82) is 0 Å². The van der Waals surface area contributed by atoms with Crippen LogP contribution in [0.4, 0.5) is 13.2 Å². The SMILES string of the molecule is CCOC(=O)C1CCCN1S(=O)(=O)N1C[C@@H](C(F)(F)F)[C@H](C(=O)O)C1. The number of carboxylic acid groups (broad SMARTS) is 1. The van der Waals surface area contributed by atoms with E-state index in [4.69, 9.17) is 9.84 Å². The molecule has 8 nitrogen and oxygen atoms in total. The maximum atomic E-state index is 13.0. The molecule has 2 fully saturated rings. The minimum absolute atomic E-state index is 0.0310. The molecule has 0 aromatic heterocycles. The van der Waals surface area contributed by atoms with Crippen LogP contribution in [0.2, 0.25) is 0 Å². The maximum Gasteiger partial charge on any atom is 0.393 e. The molecule has 2 aliphatic rings. The van der Waals surface area contributed by atoms with Gasteiger partial charge in [0.05, 0.1) is 18.4 Å². The Morgan fingerprint density at radius 2 is 1.92 bits per heavy atom. The van der Waals surface area contributed by atoms with Crippen LogP contribution in [0.15, 0.2) is 0 Å². The van der Waals surface area contributed by atoms with Gasteiger partial charge in [0, 0.05) is 19.6 Å². The minimum atomic E-state index is -4.83. The molecule has 1 unspecified atom stereocenters. The summed E-state index contributed by atoms with van der Waals surface area (Å²) < 4.78 is 70.6. The first-order chi connectivity index (χ1) is 11.5. The fraction of sp³-hybridized carbons (Fsp3) is 0.846. The lowest BCUT2D eigenvalue weighted by molar-refractivity contribution is -0.187. The summed E-state index contributed by atoms with van der Waals surface area (Å²) in [5, 5.41) is 9.00. The number of hydrogen-bond acceptors (Lipinski definition) is 5. The number of carboxylic acids is 1. The molecule has 1 N–H and O–H groups in total. The third-order valence-corrected chi connectivity index (χ3v) is 6.39. The average molecular weight is 388 g/mol. The predicted molar refractivity (Wildman–Crippen MR) is 77.5 cm³/mol. The Morgan fingerprint density at radius 3 is 2.40 bits per heavy atom. The lowest BCUT2D eigenvalue weighted by atomic mass is 9.96. The highest BCUT2D eigenvalue weighted by atomic mass is 32.2. The lowest BCUT2D eigenvalue weighted by Crippen LogP contribution is -2.48. The van der Waals surface area contributed by atoms with Crippen molar-refractivity contribution in [2.24, 2.45) is 11.8 Å². The maximum absolute atomic E-state index is 13.0. The smallest absolute Gasteiger partial charge is 0.393 e. The molecule has 0 amide bonds. The zero-order chi connectivity index (χ0) is 19.0. The van der Waals surface area contributed by atoms with Gasteiger partial charge in [-0.05, 0) is 19.8 Å². The molecule has 0 saturated carbocycles. The summed E-state index contributed by atoms with van der Waals surface area (Å²) in [7, 11) is -4.41. The molecule has 0 radical (unpaired) electrons. The Labute approximate surface area is 142 Å². The second-order valence-electron chi connectivity index (χ2n) is 5.94. The van der Waals surface area contributed by atoms with E-state index in [0.29, 0.717) is 10.7 Å². The quantitative estimate of drug-likeness (QED) is 0.686. The van der Waals surface area contributed by atoms with Gasteiger partial charge in [0.15, 0.2) is 0 Å². The number of carbonyl (C=O) groups is 2. The number of nitrogens with zero attached hydrogens (tertiary/aromatic N) is 2. The molecular formula is C13H19F3N2O6S. The lowest BCUT2D eigenvalue weighted by Gasteiger charge is -2.27. The molecule has 144 valence electrons. The molecule has 0 aromatic carbocycles. The molecule has 2 aliphatic heterocycles. The van der Waals surface area contributed by atoms with Crippen LogP contribution < -0.4 is 0 Å². The minimum Gasteiger partial charge on any atom is -0.481 e. The van der Waals surface area contributed by atoms with Gasteiger partial charge in [0.25, 0.3) is 10.2 Å². The molecule has 3 atom stereocenters. The van der Waals surface area contributed by atoms with Gasteiger partial charge in [0.2, 0.25) is 0 Å². The summed E-state index contributed by atoms with van der Waals surface area (Å²) in [5.41, 5.74) is 0. The number of rotatable bonds is 5. The summed E-state index contributed by atoms with van der Waals surface area (Å²) >= 11 is 0. The Morgan fingerprint density at radius 1 is 1.28 bits per heavy atom. The Bertz CT molecular complexity index is 638. The first kappa shape index (κ1) is 19.9. The molecule has 2 rings (SSSR count). The van der Waals surface area contributed by atoms with E-state index in [1.165, 1.54) is 0 Å². The highest BCUT2D eigenvalue weighted by molar-refractivity contribution is 7.86. The molecular weight excluding hydrogens is 369 g/mol. The van der Waals surface area contributed by atoms with Crippen LogP contribution in [0.3, 0.4) is 0 Å². The molecule has 0 spiro atoms. The standard InChI is InChI=1S/C13H19F3N2O6S/c1-2-24-12(21)10-4-3-5-18(10)25(22,23)17-6-8(11(19)20)9(7-17)13(14,15)16/h8-10H,2-7H2,1H3,(H,19,20)/t8-,9-,10?/m1/s1. The van der Waals surface area contributed by atoms with Crippen molar-refractivity contribution in [2.75, 3.05) is 26.2 Å². The largest absolute Gasteiger partial charge is 0.481 e. The van der Waals surface area contributed by atoms with Gasteiger partial charge in [-0.15, -0.1) is 0 Å². The summed E-state index contributed by atoms with van der Waals surface area (Å²) in [6, 6.07) is -1.10. The van der Waals surface area contributed by atoms with E-state index < -0.39 is 59.3 Å². The number of alkyl halides is 3. The van der Waals surface area contributed by atoms with E-state index in [9.17, 15) is 31.2 Å². The third kappa shape index (κ3) is 3.90. The topological polar surface area (TPSA) is 104 Å². The van der Waals surface area contributed by atoms with Crippen molar-refractivity contribution in [2.45, 2.75) is 32.0 Å². The van der Waals surface area contributed by atoms with E-state index >= 15 is 0 Å². The van der Waals surface area contributed by atoms with Crippen LogP contribution >= 0.6 is 0 Å².